The van der Waals surface area contributed by atoms with Gasteiger partial charge >= 0.3 is 17.9 Å². The summed E-state index contributed by atoms with van der Waals surface area (Å²) in [7, 11) is 0. The van der Waals surface area contributed by atoms with Gasteiger partial charge in [0.2, 0.25) is 12.6 Å². The monoisotopic (exact) mass is 518 g/mol. The summed E-state index contributed by atoms with van der Waals surface area (Å²) in [6.07, 6.45) is 3.89. The zero-order valence-corrected chi connectivity index (χ0v) is 23.1. The van der Waals surface area contributed by atoms with Crippen LogP contribution in [0.4, 0.5) is 0 Å². The fourth-order valence-corrected chi connectivity index (χ4v) is 6.30. The zero-order chi connectivity index (χ0) is 27.7. The van der Waals surface area contributed by atoms with Crippen LogP contribution >= 0.6 is 0 Å². The Morgan fingerprint density at radius 2 is 1.84 bits per heavy atom. The maximum absolute atomic E-state index is 12.8. The van der Waals surface area contributed by atoms with Gasteiger partial charge in [-0.15, -0.1) is 0 Å². The van der Waals surface area contributed by atoms with Gasteiger partial charge in [-0.1, -0.05) is 52.0 Å². The topological polar surface area (TPSA) is 108 Å². The van der Waals surface area contributed by atoms with Gasteiger partial charge < -0.3 is 19.3 Å². The van der Waals surface area contributed by atoms with E-state index in [2.05, 4.69) is 26.5 Å². The van der Waals surface area contributed by atoms with Gasteiger partial charge in [-0.05, 0) is 55.9 Å². The summed E-state index contributed by atoms with van der Waals surface area (Å²) in [6, 6.07) is 0. The van der Waals surface area contributed by atoms with Gasteiger partial charge in [0.25, 0.3) is 0 Å². The highest BCUT2D eigenvalue weighted by atomic mass is 16.8. The number of carbonyl (C=O) groups is 3. The summed E-state index contributed by atoms with van der Waals surface area (Å²) in [4.78, 5) is 37.0. The highest BCUT2D eigenvalue weighted by Gasteiger charge is 2.71. The van der Waals surface area contributed by atoms with Crippen LogP contribution in [0.1, 0.15) is 74.1 Å². The van der Waals surface area contributed by atoms with Crippen molar-refractivity contribution in [3.05, 3.63) is 36.0 Å². The van der Waals surface area contributed by atoms with Crippen LogP contribution in [0.25, 0.3) is 0 Å². The molecule has 0 radical (unpaired) electrons. The normalized spacial score (nSPS) is 37.9. The first-order valence-corrected chi connectivity index (χ1v) is 13.2. The largest absolute Gasteiger partial charge is 0.458 e. The van der Waals surface area contributed by atoms with E-state index in [4.69, 9.17) is 18.9 Å². The lowest BCUT2D eigenvalue weighted by Gasteiger charge is -2.60. The highest BCUT2D eigenvalue weighted by molar-refractivity contribution is 5.72. The minimum atomic E-state index is -1.17. The molecule has 1 heterocycles. The van der Waals surface area contributed by atoms with Crippen LogP contribution in [0.15, 0.2) is 36.0 Å². The highest BCUT2D eigenvalue weighted by Crippen LogP contribution is 2.67. The van der Waals surface area contributed by atoms with Gasteiger partial charge in [-0.25, -0.2) is 0 Å². The fourth-order valence-electron chi connectivity index (χ4n) is 6.30. The summed E-state index contributed by atoms with van der Waals surface area (Å²) in [5.74, 6) is -1.99. The van der Waals surface area contributed by atoms with E-state index in [-0.39, 0.29) is 23.7 Å². The molecule has 0 aromatic carbocycles. The van der Waals surface area contributed by atoms with Crippen LogP contribution in [0, 0.1) is 28.6 Å². The molecule has 8 nitrogen and oxygen atoms in total. The predicted octanol–water partition coefficient (Wildman–Crippen LogP) is 4.62. The third-order valence-electron chi connectivity index (χ3n) is 8.87. The average Bonchev–Trinajstić information content (AvgIpc) is 3.12. The Hall–Kier alpha value is -2.45. The second-order valence-electron chi connectivity index (χ2n) is 11.2. The lowest BCUT2D eigenvalue weighted by Crippen LogP contribution is -2.63. The van der Waals surface area contributed by atoms with Crippen LogP contribution in [0.5, 0.6) is 0 Å². The quantitative estimate of drug-likeness (QED) is 0.215. The lowest BCUT2D eigenvalue weighted by molar-refractivity contribution is -0.254. The van der Waals surface area contributed by atoms with Crippen molar-refractivity contribution in [1.82, 2.24) is 0 Å². The van der Waals surface area contributed by atoms with E-state index < -0.39 is 47.6 Å². The number of hydrogen-bond acceptors (Lipinski definition) is 8. The molecule has 0 bridgehead atoms. The smallest absolute Gasteiger partial charge is 0.309 e. The standard InChI is InChI=1S/C29H42O8/c1-9-16(3)11-12-28(8)18(5)13-24(32)29-22(26(34-19(6)30)37-27(29)35-20(7)31)14-21(15-23(28)29)36-25(33)17(4)10-2/h9,11,14,17-18,21,23-24,26-27,32H,1,10,12-13,15H2,2-8H3/b16-11+/t17?,18-,21-,23+,24+,26?,27?,28-,29-/m1/s1. The predicted molar refractivity (Wildman–Crippen MR) is 137 cm³/mol. The van der Waals surface area contributed by atoms with Crippen molar-refractivity contribution >= 4 is 17.9 Å². The Balaban J connectivity index is 2.21. The zero-order valence-electron chi connectivity index (χ0n) is 23.1. The van der Waals surface area contributed by atoms with E-state index in [0.717, 1.165) is 5.57 Å². The SMILES string of the molecule is C=C/C(C)=C/C[C@]1(C)[C@H](C)C[C@H](O)[C@@]23C(=C[C@@H](OC(=O)C(C)CC)C[C@@H]12)C(OC(C)=O)OC3OC(C)=O. The summed E-state index contributed by atoms with van der Waals surface area (Å²) < 4.78 is 23.2. The molecule has 0 amide bonds. The molecule has 37 heavy (non-hydrogen) atoms. The second-order valence-corrected chi connectivity index (χ2v) is 11.2. The van der Waals surface area contributed by atoms with Crippen molar-refractivity contribution in [2.24, 2.45) is 28.6 Å². The maximum Gasteiger partial charge on any atom is 0.309 e. The van der Waals surface area contributed by atoms with Crippen molar-refractivity contribution in [2.75, 3.05) is 0 Å². The molecule has 1 spiro atoms. The Morgan fingerprint density at radius 3 is 2.41 bits per heavy atom. The molecule has 206 valence electrons. The number of ether oxygens (including phenoxy) is 4. The number of rotatable bonds is 8. The molecular weight excluding hydrogens is 476 g/mol. The maximum atomic E-state index is 12.8. The van der Waals surface area contributed by atoms with Crippen LogP contribution < -0.4 is 0 Å². The van der Waals surface area contributed by atoms with Gasteiger partial charge in [0, 0.05) is 19.4 Å². The minimum absolute atomic E-state index is 0.0722. The first-order chi connectivity index (χ1) is 17.3. The van der Waals surface area contributed by atoms with E-state index in [1.54, 1.807) is 12.2 Å². The summed E-state index contributed by atoms with van der Waals surface area (Å²) in [5.41, 5.74) is -0.0572. The molecule has 1 N–H and O–H groups in total. The van der Waals surface area contributed by atoms with Gasteiger partial charge in [-0.2, -0.15) is 0 Å². The molecule has 8 heteroatoms. The van der Waals surface area contributed by atoms with Crippen molar-refractivity contribution < 1.29 is 38.4 Å². The third-order valence-corrected chi connectivity index (χ3v) is 8.87. The Morgan fingerprint density at radius 1 is 1.19 bits per heavy atom. The Kier molecular flexibility index (Phi) is 8.75. The van der Waals surface area contributed by atoms with Crippen molar-refractivity contribution in [2.45, 2.75) is 98.9 Å². The molecule has 1 saturated carbocycles. The average molecular weight is 519 g/mol. The van der Waals surface area contributed by atoms with Crippen LogP contribution in [-0.2, 0) is 33.3 Å². The molecule has 3 unspecified atom stereocenters. The number of allylic oxidation sites excluding steroid dienone is 3. The molecular formula is C29H42O8. The van der Waals surface area contributed by atoms with E-state index >= 15 is 0 Å². The first kappa shape index (κ1) is 29.1. The van der Waals surface area contributed by atoms with Crippen LogP contribution in [0.2, 0.25) is 0 Å². The van der Waals surface area contributed by atoms with E-state index in [1.165, 1.54) is 13.8 Å². The van der Waals surface area contributed by atoms with E-state index in [0.29, 0.717) is 31.3 Å². The van der Waals surface area contributed by atoms with Gasteiger partial charge in [0.15, 0.2) is 0 Å². The lowest BCUT2D eigenvalue weighted by atomic mass is 9.45. The first-order valence-electron chi connectivity index (χ1n) is 13.2. The van der Waals surface area contributed by atoms with Crippen LogP contribution in [0.3, 0.4) is 0 Å². The van der Waals surface area contributed by atoms with E-state index in [9.17, 15) is 19.5 Å². The molecule has 1 saturated heterocycles. The van der Waals surface area contributed by atoms with Crippen molar-refractivity contribution in [3.63, 3.8) is 0 Å². The van der Waals surface area contributed by atoms with E-state index in [1.807, 2.05) is 20.8 Å². The number of esters is 3. The van der Waals surface area contributed by atoms with Gasteiger partial charge in [0.1, 0.15) is 6.10 Å². The third kappa shape index (κ3) is 5.28. The molecule has 2 fully saturated rings. The Labute approximate surface area is 220 Å². The summed E-state index contributed by atoms with van der Waals surface area (Å²) in [5, 5.41) is 11.7. The number of hydrogen-bond donors (Lipinski definition) is 1. The molecule has 0 aromatic rings. The number of aliphatic hydroxyl groups is 1. The molecule has 1 aliphatic heterocycles. The second kappa shape index (κ2) is 11.1. The van der Waals surface area contributed by atoms with Crippen molar-refractivity contribution in [1.29, 1.82) is 0 Å². The summed E-state index contributed by atoms with van der Waals surface area (Å²) >= 11 is 0. The van der Waals surface area contributed by atoms with Gasteiger partial charge in [-0.3, -0.25) is 19.1 Å². The number of aliphatic hydroxyl groups excluding tert-OH is 1. The molecule has 0 aromatic heterocycles. The molecule has 3 rings (SSSR count). The van der Waals surface area contributed by atoms with Crippen molar-refractivity contribution in [3.8, 4) is 0 Å². The molecule has 3 aliphatic rings. The number of carbonyl (C=O) groups excluding carboxylic acids is 3. The minimum Gasteiger partial charge on any atom is -0.458 e. The molecule has 9 atom stereocenters. The molecule has 2 aliphatic carbocycles. The van der Waals surface area contributed by atoms with Gasteiger partial charge in [0.05, 0.1) is 17.4 Å². The Bertz CT molecular complexity index is 982. The van der Waals surface area contributed by atoms with Crippen LogP contribution in [-0.4, -0.2) is 47.8 Å². The summed E-state index contributed by atoms with van der Waals surface area (Å²) in [6.45, 7) is 16.4. The fraction of sp³-hybridized carbons (Fsp3) is 0.690.